The Bertz CT molecular complexity index is 601. The van der Waals surface area contributed by atoms with Gasteiger partial charge in [-0.3, -0.25) is 0 Å². The maximum Gasteiger partial charge on any atom is 0.243 e. The van der Waals surface area contributed by atoms with Gasteiger partial charge in [0, 0.05) is 22.8 Å². The van der Waals surface area contributed by atoms with E-state index in [9.17, 15) is 0 Å². The second kappa shape index (κ2) is 5.33. The minimum atomic E-state index is 0.248. The second-order valence-electron chi connectivity index (χ2n) is 5.76. The van der Waals surface area contributed by atoms with E-state index in [1.54, 1.807) is 4.52 Å². The lowest BCUT2D eigenvalue weighted by molar-refractivity contribution is 0.172. The predicted molar refractivity (Wildman–Crippen MR) is 84.1 cm³/mol. The van der Waals surface area contributed by atoms with Crippen LogP contribution in [0, 0.1) is 0 Å². The van der Waals surface area contributed by atoms with Crippen LogP contribution >= 0.6 is 15.9 Å². The van der Waals surface area contributed by atoms with Crippen LogP contribution in [-0.2, 0) is 0 Å². The number of anilines is 1. The average molecular weight is 338 g/mol. The van der Waals surface area contributed by atoms with Gasteiger partial charge in [-0.25, -0.2) is 4.52 Å². The van der Waals surface area contributed by atoms with E-state index in [-0.39, 0.29) is 5.54 Å². The molecule has 0 amide bonds. The van der Waals surface area contributed by atoms with Crippen LogP contribution in [0.25, 0.3) is 5.65 Å². The van der Waals surface area contributed by atoms with Crippen LogP contribution in [0.1, 0.15) is 25.7 Å². The highest BCUT2D eigenvalue weighted by molar-refractivity contribution is 9.10. The quantitative estimate of drug-likeness (QED) is 0.931. The lowest BCUT2D eigenvalue weighted by atomic mass is 9.96. The van der Waals surface area contributed by atoms with Crippen molar-refractivity contribution in [1.29, 1.82) is 0 Å². The minimum Gasteiger partial charge on any atom is -0.351 e. The normalized spacial score (nSPS) is 18.0. The van der Waals surface area contributed by atoms with E-state index < -0.39 is 0 Å². The van der Waals surface area contributed by atoms with Crippen molar-refractivity contribution in [3.63, 3.8) is 0 Å². The first kappa shape index (κ1) is 13.8. The van der Waals surface area contributed by atoms with Gasteiger partial charge in [-0.05, 0) is 55.0 Å². The van der Waals surface area contributed by atoms with Crippen LogP contribution in [0.15, 0.2) is 22.8 Å². The fraction of sp³-hybridized carbons (Fsp3) is 0.571. The molecule has 3 rings (SSSR count). The fourth-order valence-corrected chi connectivity index (χ4v) is 3.32. The van der Waals surface area contributed by atoms with Crippen LogP contribution < -0.4 is 5.32 Å². The molecule has 0 unspecified atom stereocenters. The van der Waals surface area contributed by atoms with E-state index in [1.165, 1.54) is 25.7 Å². The zero-order valence-electron chi connectivity index (χ0n) is 11.9. The Morgan fingerprint density at radius 2 is 2.10 bits per heavy atom. The summed E-state index contributed by atoms with van der Waals surface area (Å²) in [6.07, 6.45) is 7.03. The number of likely N-dealkylation sites (N-methyl/N-ethyl adjacent to an activating group) is 1. The van der Waals surface area contributed by atoms with Gasteiger partial charge < -0.3 is 10.2 Å². The maximum atomic E-state index is 4.51. The summed E-state index contributed by atoms with van der Waals surface area (Å²) in [5.74, 6) is 0.705. The Labute approximate surface area is 127 Å². The SMILES string of the molecule is CN(C)C1(CNc2nc3ccc(Br)cn3n2)CCCC1. The molecule has 1 aliphatic rings. The monoisotopic (exact) mass is 337 g/mol. The third-order valence-electron chi connectivity index (χ3n) is 4.35. The lowest BCUT2D eigenvalue weighted by Gasteiger charge is -2.36. The Morgan fingerprint density at radius 1 is 1.35 bits per heavy atom. The summed E-state index contributed by atoms with van der Waals surface area (Å²) in [4.78, 5) is 6.85. The Balaban J connectivity index is 1.76. The Morgan fingerprint density at radius 3 is 2.80 bits per heavy atom. The number of nitrogens with one attached hydrogen (secondary N) is 1. The van der Waals surface area contributed by atoms with Crippen molar-refractivity contribution in [2.45, 2.75) is 31.2 Å². The lowest BCUT2D eigenvalue weighted by Crippen LogP contribution is -2.47. The molecule has 1 aliphatic carbocycles. The summed E-state index contributed by atoms with van der Waals surface area (Å²) in [5, 5.41) is 7.89. The molecule has 0 aromatic carbocycles. The molecule has 0 saturated heterocycles. The van der Waals surface area contributed by atoms with Crippen LogP contribution in [0.4, 0.5) is 5.95 Å². The van der Waals surface area contributed by atoms with Gasteiger partial charge in [0.05, 0.1) is 0 Å². The molecular formula is C14H20BrN5. The Hall–Kier alpha value is -1.14. The first-order valence-electron chi connectivity index (χ1n) is 7.02. The van der Waals surface area contributed by atoms with Crippen molar-refractivity contribution in [1.82, 2.24) is 19.5 Å². The number of halogens is 1. The molecule has 2 heterocycles. The van der Waals surface area contributed by atoms with Crippen LogP contribution in [0.5, 0.6) is 0 Å². The van der Waals surface area contributed by atoms with Gasteiger partial charge in [-0.15, -0.1) is 5.10 Å². The molecule has 2 aromatic heterocycles. The standard InChI is InChI=1S/C14H20BrN5/c1-19(2)14(7-3-4-8-14)10-16-13-17-12-6-5-11(15)9-20(12)18-13/h5-6,9H,3-4,7-8,10H2,1-2H3,(H,16,18). The number of aromatic nitrogens is 3. The van der Waals surface area contributed by atoms with E-state index in [4.69, 9.17) is 0 Å². The van der Waals surface area contributed by atoms with E-state index in [1.807, 2.05) is 18.3 Å². The largest absolute Gasteiger partial charge is 0.351 e. The summed E-state index contributed by atoms with van der Waals surface area (Å²) in [6.45, 7) is 0.901. The number of nitrogens with zero attached hydrogens (tertiary/aromatic N) is 4. The number of hydrogen-bond donors (Lipinski definition) is 1. The van der Waals surface area contributed by atoms with Crippen molar-refractivity contribution in [2.75, 3.05) is 26.0 Å². The summed E-state index contributed by atoms with van der Waals surface area (Å²) in [6, 6.07) is 3.94. The van der Waals surface area contributed by atoms with Crippen LogP contribution in [0.2, 0.25) is 0 Å². The van der Waals surface area contributed by atoms with Crippen molar-refractivity contribution in [3.8, 4) is 0 Å². The topological polar surface area (TPSA) is 45.5 Å². The highest BCUT2D eigenvalue weighted by Gasteiger charge is 2.35. The minimum absolute atomic E-state index is 0.248. The predicted octanol–water partition coefficient (Wildman–Crippen LogP) is 2.78. The zero-order valence-corrected chi connectivity index (χ0v) is 13.5. The summed E-state index contributed by atoms with van der Waals surface area (Å²) < 4.78 is 2.80. The summed E-state index contributed by atoms with van der Waals surface area (Å²) in [5.41, 5.74) is 1.11. The molecule has 0 aliphatic heterocycles. The summed E-state index contributed by atoms with van der Waals surface area (Å²) >= 11 is 3.45. The maximum absolute atomic E-state index is 4.51. The molecule has 0 radical (unpaired) electrons. The molecule has 2 aromatic rings. The molecular weight excluding hydrogens is 318 g/mol. The number of hydrogen-bond acceptors (Lipinski definition) is 4. The molecule has 5 nitrogen and oxygen atoms in total. The molecule has 108 valence electrons. The van der Waals surface area contributed by atoms with E-state index in [2.05, 4.69) is 50.3 Å². The third kappa shape index (κ3) is 2.54. The van der Waals surface area contributed by atoms with Gasteiger partial charge in [0.15, 0.2) is 5.65 Å². The van der Waals surface area contributed by atoms with E-state index in [0.717, 1.165) is 16.7 Å². The molecule has 1 N–H and O–H groups in total. The molecule has 0 spiro atoms. The Kier molecular flexibility index (Phi) is 3.69. The van der Waals surface area contributed by atoms with E-state index >= 15 is 0 Å². The van der Waals surface area contributed by atoms with Crippen molar-refractivity contribution >= 4 is 27.5 Å². The number of fused-ring (bicyclic) bond motifs is 1. The molecule has 6 heteroatoms. The molecule has 20 heavy (non-hydrogen) atoms. The van der Waals surface area contributed by atoms with Gasteiger partial charge in [-0.1, -0.05) is 12.8 Å². The second-order valence-corrected chi connectivity index (χ2v) is 6.68. The number of rotatable bonds is 4. The van der Waals surface area contributed by atoms with Gasteiger partial charge in [0.1, 0.15) is 0 Å². The smallest absolute Gasteiger partial charge is 0.243 e. The van der Waals surface area contributed by atoms with Crippen molar-refractivity contribution in [3.05, 3.63) is 22.8 Å². The van der Waals surface area contributed by atoms with Gasteiger partial charge >= 0.3 is 0 Å². The van der Waals surface area contributed by atoms with E-state index in [0.29, 0.717) is 5.95 Å². The fourth-order valence-electron chi connectivity index (χ4n) is 2.99. The highest BCUT2D eigenvalue weighted by Crippen LogP contribution is 2.33. The first-order chi connectivity index (χ1) is 9.59. The van der Waals surface area contributed by atoms with Crippen LogP contribution in [0.3, 0.4) is 0 Å². The zero-order chi connectivity index (χ0) is 14.2. The van der Waals surface area contributed by atoms with Gasteiger partial charge in [0.2, 0.25) is 5.95 Å². The van der Waals surface area contributed by atoms with Gasteiger partial charge in [0.25, 0.3) is 0 Å². The first-order valence-corrected chi connectivity index (χ1v) is 7.82. The van der Waals surface area contributed by atoms with Crippen molar-refractivity contribution < 1.29 is 0 Å². The number of pyridine rings is 1. The molecule has 0 bridgehead atoms. The van der Waals surface area contributed by atoms with Crippen molar-refractivity contribution in [2.24, 2.45) is 0 Å². The molecule has 1 fully saturated rings. The van der Waals surface area contributed by atoms with Crippen LogP contribution in [-0.4, -0.2) is 45.7 Å². The molecule has 1 saturated carbocycles. The molecule has 0 atom stereocenters. The average Bonchev–Trinajstić information content (AvgIpc) is 3.02. The highest BCUT2D eigenvalue weighted by atomic mass is 79.9. The summed E-state index contributed by atoms with van der Waals surface area (Å²) in [7, 11) is 4.34. The van der Waals surface area contributed by atoms with Gasteiger partial charge in [-0.2, -0.15) is 4.98 Å². The third-order valence-corrected chi connectivity index (χ3v) is 4.82.